The molecule has 0 saturated heterocycles. The average Bonchev–Trinajstić information content (AvgIpc) is 1.82. The van der Waals surface area contributed by atoms with Crippen LogP contribution >= 0.6 is 0 Å². The average molecular weight is 127 g/mol. The number of nitrogens with two attached hydrogens (primary N) is 1. The Bertz CT molecular complexity index is 138. The second-order valence-electron chi connectivity index (χ2n) is 1.62. The van der Waals surface area contributed by atoms with Crippen LogP contribution < -0.4 is 5.84 Å². The van der Waals surface area contributed by atoms with Gasteiger partial charge in [-0.15, -0.1) is 0 Å². The molecular weight excluding hydrogens is 118 g/mol. The maximum absolute atomic E-state index is 10.3. The Hall–Kier alpha value is -1.08. The van der Waals surface area contributed by atoms with E-state index in [4.69, 9.17) is 11.1 Å². The molecule has 0 aromatic rings. The molecule has 4 heteroatoms. The number of carbonyl (C=O) groups is 1. The first-order valence-electron chi connectivity index (χ1n) is 2.58. The smallest absolute Gasteiger partial charge is 0.233 e. The zero-order chi connectivity index (χ0) is 7.28. The first kappa shape index (κ1) is 7.92. The Labute approximate surface area is 53.8 Å². The topological polar surface area (TPSA) is 70.1 Å². The normalized spacial score (nSPS) is 8.11. The van der Waals surface area contributed by atoms with Gasteiger partial charge in [-0.1, -0.05) is 0 Å². The minimum absolute atomic E-state index is 0.217. The van der Waals surface area contributed by atoms with Crippen LogP contribution in [0.5, 0.6) is 0 Å². The van der Waals surface area contributed by atoms with Crippen LogP contribution in [0, 0.1) is 11.3 Å². The molecule has 0 aliphatic heterocycles. The summed E-state index contributed by atoms with van der Waals surface area (Å²) >= 11 is 0. The van der Waals surface area contributed by atoms with E-state index in [-0.39, 0.29) is 12.3 Å². The predicted octanol–water partition coefficient (Wildman–Crippen LogP) is -0.378. The first-order chi connectivity index (χ1) is 4.18. The molecule has 0 fully saturated rings. The van der Waals surface area contributed by atoms with Crippen molar-refractivity contribution in [2.45, 2.75) is 13.3 Å². The highest BCUT2D eigenvalue weighted by atomic mass is 16.2. The van der Waals surface area contributed by atoms with Crippen molar-refractivity contribution >= 4 is 5.91 Å². The molecule has 0 bridgehead atoms. The molecule has 50 valence electrons. The van der Waals surface area contributed by atoms with Gasteiger partial charge >= 0.3 is 0 Å². The Kier molecular flexibility index (Phi) is 3.40. The van der Waals surface area contributed by atoms with Gasteiger partial charge in [0.2, 0.25) is 5.91 Å². The second-order valence-corrected chi connectivity index (χ2v) is 1.62. The zero-order valence-electron chi connectivity index (χ0n) is 5.29. The summed E-state index contributed by atoms with van der Waals surface area (Å²) < 4.78 is 0. The third kappa shape index (κ3) is 3.50. The van der Waals surface area contributed by atoms with Gasteiger partial charge in [-0.05, 0) is 0 Å². The van der Waals surface area contributed by atoms with E-state index in [1.165, 1.54) is 6.92 Å². The monoisotopic (exact) mass is 127 g/mol. The van der Waals surface area contributed by atoms with Crippen LogP contribution in [0.2, 0.25) is 0 Å². The highest BCUT2D eigenvalue weighted by Crippen LogP contribution is 1.81. The lowest BCUT2D eigenvalue weighted by Gasteiger charge is -2.10. The molecular formula is C5H9N3O. The van der Waals surface area contributed by atoms with Crippen molar-refractivity contribution in [3.05, 3.63) is 0 Å². The lowest BCUT2D eigenvalue weighted by atomic mass is 10.4. The molecule has 0 aliphatic rings. The fourth-order valence-corrected chi connectivity index (χ4v) is 0.328. The largest absolute Gasteiger partial charge is 0.280 e. The predicted molar refractivity (Wildman–Crippen MR) is 31.8 cm³/mol. The van der Waals surface area contributed by atoms with Gasteiger partial charge in [-0.2, -0.15) is 5.26 Å². The Morgan fingerprint density at radius 3 is 2.78 bits per heavy atom. The van der Waals surface area contributed by atoms with E-state index in [1.54, 1.807) is 0 Å². The minimum atomic E-state index is -0.217. The molecule has 0 aromatic heterocycles. The highest BCUT2D eigenvalue weighted by molar-refractivity contribution is 5.72. The highest BCUT2D eigenvalue weighted by Gasteiger charge is 1.99. The van der Waals surface area contributed by atoms with E-state index in [0.717, 1.165) is 5.01 Å². The van der Waals surface area contributed by atoms with Gasteiger partial charge in [0, 0.05) is 6.92 Å². The molecule has 2 N–H and O–H groups in total. The lowest BCUT2D eigenvalue weighted by molar-refractivity contribution is -0.129. The Balaban J connectivity index is 3.41. The molecule has 0 aliphatic carbocycles. The van der Waals surface area contributed by atoms with Crippen LogP contribution in [0.1, 0.15) is 13.3 Å². The van der Waals surface area contributed by atoms with E-state index in [2.05, 4.69) is 0 Å². The molecule has 0 heterocycles. The van der Waals surface area contributed by atoms with Gasteiger partial charge in [0.25, 0.3) is 0 Å². The summed E-state index contributed by atoms with van der Waals surface area (Å²) in [7, 11) is 0. The van der Waals surface area contributed by atoms with Crippen LogP contribution in [0.4, 0.5) is 0 Å². The number of nitrogens with zero attached hydrogens (tertiary/aromatic N) is 2. The fourth-order valence-electron chi connectivity index (χ4n) is 0.328. The van der Waals surface area contributed by atoms with Crippen molar-refractivity contribution in [1.82, 2.24) is 5.01 Å². The molecule has 0 unspecified atom stereocenters. The number of amides is 1. The number of hydrogen-bond donors (Lipinski definition) is 1. The zero-order valence-corrected chi connectivity index (χ0v) is 5.29. The molecule has 4 nitrogen and oxygen atoms in total. The maximum atomic E-state index is 10.3. The minimum Gasteiger partial charge on any atom is -0.280 e. The molecule has 0 radical (unpaired) electrons. The summed E-state index contributed by atoms with van der Waals surface area (Å²) in [5.74, 6) is 4.92. The van der Waals surface area contributed by atoms with Crippen molar-refractivity contribution < 1.29 is 4.79 Å². The molecule has 0 atom stereocenters. The van der Waals surface area contributed by atoms with Crippen molar-refractivity contribution in [2.75, 3.05) is 6.54 Å². The summed E-state index contributed by atoms with van der Waals surface area (Å²) in [4.78, 5) is 10.3. The first-order valence-corrected chi connectivity index (χ1v) is 2.58. The van der Waals surface area contributed by atoms with E-state index in [9.17, 15) is 4.79 Å². The van der Waals surface area contributed by atoms with Crippen LogP contribution in [-0.2, 0) is 4.79 Å². The fraction of sp³-hybridized carbons (Fsp3) is 0.600. The van der Waals surface area contributed by atoms with E-state index < -0.39 is 0 Å². The van der Waals surface area contributed by atoms with Gasteiger partial charge in [0.05, 0.1) is 19.0 Å². The number of rotatable bonds is 2. The van der Waals surface area contributed by atoms with E-state index in [1.807, 2.05) is 6.07 Å². The lowest BCUT2D eigenvalue weighted by Crippen LogP contribution is -2.36. The molecule has 0 rings (SSSR count). The summed E-state index contributed by atoms with van der Waals surface area (Å²) in [6.07, 6.45) is 0.288. The molecule has 0 aromatic carbocycles. The van der Waals surface area contributed by atoms with Crippen molar-refractivity contribution in [2.24, 2.45) is 5.84 Å². The Morgan fingerprint density at radius 1 is 1.89 bits per heavy atom. The van der Waals surface area contributed by atoms with Gasteiger partial charge in [0.1, 0.15) is 0 Å². The number of nitriles is 1. The standard InChI is InChI=1S/C5H9N3O/c1-5(9)8(7)4-2-3-6/h2,4,7H2,1H3. The quantitative estimate of drug-likeness (QED) is 0.312. The van der Waals surface area contributed by atoms with Crippen LogP contribution in [0.25, 0.3) is 0 Å². The summed E-state index contributed by atoms with van der Waals surface area (Å²) in [5.41, 5.74) is 0. The summed E-state index contributed by atoms with van der Waals surface area (Å²) in [6.45, 7) is 1.67. The van der Waals surface area contributed by atoms with Gasteiger partial charge < -0.3 is 0 Å². The van der Waals surface area contributed by atoms with Crippen molar-refractivity contribution in [3.8, 4) is 6.07 Å². The molecule has 1 amide bonds. The van der Waals surface area contributed by atoms with Crippen LogP contribution in [0.3, 0.4) is 0 Å². The number of hydrogen-bond acceptors (Lipinski definition) is 3. The van der Waals surface area contributed by atoms with Crippen molar-refractivity contribution in [3.63, 3.8) is 0 Å². The number of carbonyl (C=O) groups excluding carboxylic acids is 1. The van der Waals surface area contributed by atoms with Crippen LogP contribution in [0.15, 0.2) is 0 Å². The third-order valence-corrected chi connectivity index (χ3v) is 0.869. The molecule has 0 saturated carbocycles. The van der Waals surface area contributed by atoms with Crippen molar-refractivity contribution in [1.29, 1.82) is 5.26 Å². The number of hydrazine groups is 1. The van der Waals surface area contributed by atoms with Gasteiger partial charge in [-0.25, -0.2) is 5.84 Å². The van der Waals surface area contributed by atoms with Gasteiger partial charge in [-0.3, -0.25) is 9.80 Å². The SMILES string of the molecule is CC(=O)N(N)CCC#N. The molecule has 0 spiro atoms. The third-order valence-electron chi connectivity index (χ3n) is 0.869. The van der Waals surface area contributed by atoms with Crippen LogP contribution in [-0.4, -0.2) is 17.5 Å². The van der Waals surface area contributed by atoms with E-state index >= 15 is 0 Å². The molecule has 9 heavy (non-hydrogen) atoms. The van der Waals surface area contributed by atoms with E-state index in [0.29, 0.717) is 6.54 Å². The second kappa shape index (κ2) is 3.87. The summed E-state index contributed by atoms with van der Waals surface area (Å²) in [6, 6.07) is 1.88. The summed E-state index contributed by atoms with van der Waals surface area (Å²) in [5, 5.41) is 9.07. The Morgan fingerprint density at radius 2 is 2.44 bits per heavy atom. The van der Waals surface area contributed by atoms with Gasteiger partial charge in [0.15, 0.2) is 0 Å². The maximum Gasteiger partial charge on any atom is 0.233 e.